The predicted octanol–water partition coefficient (Wildman–Crippen LogP) is 2.54. The van der Waals surface area contributed by atoms with Crippen LogP contribution < -0.4 is 5.73 Å². The standard InChI is InChI=1S/C11H12F2N2/c12-11(13)15-7-8(5-6-14)9-3-1-2-4-10(9)15/h1-4,7,11H,5-6,14H2. The van der Waals surface area contributed by atoms with E-state index in [9.17, 15) is 8.78 Å². The Labute approximate surface area is 86.3 Å². The van der Waals surface area contributed by atoms with Gasteiger partial charge in [0.25, 0.3) is 0 Å². The van der Waals surface area contributed by atoms with Crippen LogP contribution in [0.2, 0.25) is 0 Å². The normalized spacial score (nSPS) is 11.5. The summed E-state index contributed by atoms with van der Waals surface area (Å²) in [4.78, 5) is 0. The second kappa shape index (κ2) is 3.98. The highest BCUT2D eigenvalue weighted by Gasteiger charge is 2.12. The predicted molar refractivity (Wildman–Crippen MR) is 55.9 cm³/mol. The molecule has 0 spiro atoms. The Morgan fingerprint density at radius 1 is 1.27 bits per heavy atom. The van der Waals surface area contributed by atoms with Crippen molar-refractivity contribution in [2.75, 3.05) is 6.54 Å². The molecule has 2 nitrogen and oxygen atoms in total. The third kappa shape index (κ3) is 1.72. The van der Waals surface area contributed by atoms with Gasteiger partial charge in [0.05, 0.1) is 5.52 Å². The molecule has 0 aliphatic carbocycles. The second-order valence-electron chi connectivity index (χ2n) is 3.40. The van der Waals surface area contributed by atoms with Crippen molar-refractivity contribution in [3.63, 3.8) is 0 Å². The van der Waals surface area contributed by atoms with Crippen molar-refractivity contribution in [3.05, 3.63) is 36.0 Å². The molecule has 15 heavy (non-hydrogen) atoms. The molecule has 0 atom stereocenters. The van der Waals surface area contributed by atoms with Gasteiger partial charge in [-0.2, -0.15) is 8.78 Å². The molecule has 1 aromatic carbocycles. The number of hydrogen-bond donors (Lipinski definition) is 1. The molecule has 0 bridgehead atoms. The maximum Gasteiger partial charge on any atom is 0.319 e. The lowest BCUT2D eigenvalue weighted by Gasteiger charge is -2.01. The fraction of sp³-hybridized carbons (Fsp3) is 0.273. The smallest absolute Gasteiger partial charge is 0.319 e. The number of rotatable bonds is 3. The number of fused-ring (bicyclic) bond motifs is 1. The fourth-order valence-electron chi connectivity index (χ4n) is 1.79. The van der Waals surface area contributed by atoms with Gasteiger partial charge in [0.2, 0.25) is 0 Å². The summed E-state index contributed by atoms with van der Waals surface area (Å²) in [5, 5.41) is 0.864. The van der Waals surface area contributed by atoms with Crippen molar-refractivity contribution in [2.24, 2.45) is 5.73 Å². The van der Waals surface area contributed by atoms with Crippen molar-refractivity contribution in [1.29, 1.82) is 0 Å². The molecule has 4 heteroatoms. The van der Waals surface area contributed by atoms with Crippen LogP contribution in [0, 0.1) is 0 Å². The van der Waals surface area contributed by atoms with Gasteiger partial charge in [-0.15, -0.1) is 0 Å². The zero-order chi connectivity index (χ0) is 10.8. The Bertz CT molecular complexity index is 463. The van der Waals surface area contributed by atoms with E-state index in [4.69, 9.17) is 5.73 Å². The van der Waals surface area contributed by atoms with E-state index in [1.807, 2.05) is 12.1 Å². The van der Waals surface area contributed by atoms with Crippen molar-refractivity contribution >= 4 is 10.9 Å². The highest BCUT2D eigenvalue weighted by molar-refractivity contribution is 5.84. The molecule has 0 amide bonds. The second-order valence-corrected chi connectivity index (χ2v) is 3.40. The van der Waals surface area contributed by atoms with Crippen molar-refractivity contribution in [3.8, 4) is 0 Å². The van der Waals surface area contributed by atoms with Crippen molar-refractivity contribution < 1.29 is 8.78 Å². The lowest BCUT2D eigenvalue weighted by Crippen LogP contribution is -2.02. The lowest BCUT2D eigenvalue weighted by molar-refractivity contribution is 0.0751. The molecule has 0 saturated heterocycles. The third-order valence-corrected chi connectivity index (χ3v) is 2.45. The quantitative estimate of drug-likeness (QED) is 0.829. The SMILES string of the molecule is NCCc1cn(C(F)F)c2ccccc12. The Balaban J connectivity index is 2.62. The van der Waals surface area contributed by atoms with Crippen LogP contribution in [0.1, 0.15) is 12.1 Å². The van der Waals surface area contributed by atoms with Gasteiger partial charge in [-0.25, -0.2) is 0 Å². The van der Waals surface area contributed by atoms with Crippen LogP contribution in [0.15, 0.2) is 30.5 Å². The molecule has 0 saturated carbocycles. The van der Waals surface area contributed by atoms with E-state index in [1.54, 1.807) is 12.1 Å². The number of para-hydroxylation sites is 1. The molecule has 0 aliphatic heterocycles. The summed E-state index contributed by atoms with van der Waals surface area (Å²) in [6.45, 7) is -2.03. The minimum Gasteiger partial charge on any atom is -0.330 e. The average Bonchev–Trinajstić information content (AvgIpc) is 2.59. The molecule has 2 aromatic rings. The van der Waals surface area contributed by atoms with Crippen LogP contribution in [0.4, 0.5) is 8.78 Å². The zero-order valence-electron chi connectivity index (χ0n) is 8.16. The Kier molecular flexibility index (Phi) is 2.68. The number of hydrogen-bond acceptors (Lipinski definition) is 1. The summed E-state index contributed by atoms with van der Waals surface area (Å²) in [6.07, 6.45) is 2.11. The van der Waals surface area contributed by atoms with Crippen LogP contribution in [0.25, 0.3) is 10.9 Å². The Morgan fingerprint density at radius 2 is 2.00 bits per heavy atom. The first-order valence-corrected chi connectivity index (χ1v) is 4.80. The van der Waals surface area contributed by atoms with Crippen LogP contribution in [-0.4, -0.2) is 11.1 Å². The molecule has 1 aromatic heterocycles. The van der Waals surface area contributed by atoms with E-state index >= 15 is 0 Å². The average molecular weight is 210 g/mol. The highest BCUT2D eigenvalue weighted by atomic mass is 19.3. The molecular formula is C11H12F2N2. The lowest BCUT2D eigenvalue weighted by atomic mass is 10.1. The van der Waals surface area contributed by atoms with E-state index in [-0.39, 0.29) is 0 Å². The zero-order valence-corrected chi connectivity index (χ0v) is 8.16. The van der Waals surface area contributed by atoms with E-state index in [0.29, 0.717) is 18.5 Å². The van der Waals surface area contributed by atoms with Crippen LogP contribution in [-0.2, 0) is 6.42 Å². The first kappa shape index (κ1) is 10.1. The van der Waals surface area contributed by atoms with Crippen molar-refractivity contribution in [2.45, 2.75) is 13.0 Å². The molecule has 2 rings (SSSR count). The summed E-state index contributed by atoms with van der Waals surface area (Å²) in [5.74, 6) is 0. The molecular weight excluding hydrogens is 198 g/mol. The maximum absolute atomic E-state index is 12.7. The first-order valence-electron chi connectivity index (χ1n) is 4.80. The number of alkyl halides is 2. The summed E-state index contributed by atoms with van der Waals surface area (Å²) < 4.78 is 26.4. The van der Waals surface area contributed by atoms with E-state index in [0.717, 1.165) is 15.5 Å². The van der Waals surface area contributed by atoms with Crippen LogP contribution >= 0.6 is 0 Å². The molecule has 80 valence electrons. The molecule has 0 unspecified atom stereocenters. The minimum atomic E-state index is -2.50. The monoisotopic (exact) mass is 210 g/mol. The Morgan fingerprint density at radius 3 is 2.67 bits per heavy atom. The Hall–Kier alpha value is -1.42. The minimum absolute atomic E-state index is 0.469. The highest BCUT2D eigenvalue weighted by Crippen LogP contribution is 2.25. The van der Waals surface area contributed by atoms with E-state index in [1.165, 1.54) is 6.20 Å². The van der Waals surface area contributed by atoms with E-state index in [2.05, 4.69) is 0 Å². The molecule has 0 aliphatic rings. The molecule has 0 fully saturated rings. The van der Waals surface area contributed by atoms with Crippen LogP contribution in [0.5, 0.6) is 0 Å². The number of aromatic nitrogens is 1. The largest absolute Gasteiger partial charge is 0.330 e. The number of nitrogens with two attached hydrogens (primary N) is 1. The van der Waals surface area contributed by atoms with Gasteiger partial charge < -0.3 is 5.73 Å². The topological polar surface area (TPSA) is 30.9 Å². The fourth-order valence-corrected chi connectivity index (χ4v) is 1.79. The third-order valence-electron chi connectivity index (χ3n) is 2.45. The first-order chi connectivity index (χ1) is 7.24. The van der Waals surface area contributed by atoms with Gasteiger partial charge in [0, 0.05) is 11.6 Å². The van der Waals surface area contributed by atoms with Gasteiger partial charge in [-0.3, -0.25) is 4.57 Å². The molecule has 1 heterocycles. The van der Waals surface area contributed by atoms with Gasteiger partial charge in [-0.1, -0.05) is 18.2 Å². The van der Waals surface area contributed by atoms with Gasteiger partial charge in [0.1, 0.15) is 0 Å². The summed E-state index contributed by atoms with van der Waals surface area (Å²) in [5.41, 5.74) is 6.89. The summed E-state index contributed by atoms with van der Waals surface area (Å²) >= 11 is 0. The molecule has 0 radical (unpaired) electrons. The molecule has 2 N–H and O–H groups in total. The van der Waals surface area contributed by atoms with Gasteiger partial charge in [-0.05, 0) is 24.6 Å². The summed E-state index contributed by atoms with van der Waals surface area (Å²) in [6, 6.07) is 7.15. The maximum atomic E-state index is 12.7. The number of benzene rings is 1. The number of halogens is 2. The van der Waals surface area contributed by atoms with E-state index < -0.39 is 6.55 Å². The van der Waals surface area contributed by atoms with Crippen LogP contribution in [0.3, 0.4) is 0 Å². The van der Waals surface area contributed by atoms with Gasteiger partial charge in [0.15, 0.2) is 0 Å². The number of nitrogens with zero attached hydrogens (tertiary/aromatic N) is 1. The summed E-state index contributed by atoms with van der Waals surface area (Å²) in [7, 11) is 0. The van der Waals surface area contributed by atoms with Crippen molar-refractivity contribution in [1.82, 2.24) is 4.57 Å². The van der Waals surface area contributed by atoms with Gasteiger partial charge >= 0.3 is 6.55 Å².